The van der Waals surface area contributed by atoms with E-state index in [9.17, 15) is 9.18 Å². The van der Waals surface area contributed by atoms with Gasteiger partial charge in [0.2, 0.25) is 0 Å². The minimum absolute atomic E-state index is 0.0318. The first-order valence-electron chi connectivity index (χ1n) is 9.19. The van der Waals surface area contributed by atoms with Crippen molar-refractivity contribution in [3.8, 4) is 16.9 Å². The molecule has 7 heteroatoms. The quantitative estimate of drug-likeness (QED) is 0.759. The standard InChI is InChI=1S/C21H19FN4O2/c1-25-7-6-20(24-25)26-11-16(12-26)28-19-8-14-10-23-21(27)18(14)9-17(19)13-2-4-15(22)5-3-13/h2-9,16H,10-12H2,1H3,(H,23,27). The highest BCUT2D eigenvalue weighted by atomic mass is 19.1. The lowest BCUT2D eigenvalue weighted by atomic mass is 9.98. The summed E-state index contributed by atoms with van der Waals surface area (Å²) < 4.78 is 21.4. The summed E-state index contributed by atoms with van der Waals surface area (Å²) in [5.41, 5.74) is 3.19. The normalized spacial score (nSPS) is 15.9. The average molecular weight is 378 g/mol. The van der Waals surface area contributed by atoms with Gasteiger partial charge in [-0.05, 0) is 35.4 Å². The molecule has 3 aromatic rings. The summed E-state index contributed by atoms with van der Waals surface area (Å²) in [5, 5.41) is 7.25. The number of amides is 1. The van der Waals surface area contributed by atoms with Crippen LogP contribution in [-0.4, -0.2) is 34.9 Å². The van der Waals surface area contributed by atoms with Crippen molar-refractivity contribution in [3.63, 3.8) is 0 Å². The topological polar surface area (TPSA) is 59.4 Å². The molecule has 1 N–H and O–H groups in total. The Morgan fingerprint density at radius 1 is 1.14 bits per heavy atom. The number of halogens is 1. The van der Waals surface area contributed by atoms with Gasteiger partial charge in [-0.2, -0.15) is 5.10 Å². The molecule has 2 aromatic carbocycles. The molecular weight excluding hydrogens is 359 g/mol. The minimum Gasteiger partial charge on any atom is -0.486 e. The Labute approximate surface area is 161 Å². The van der Waals surface area contributed by atoms with Crippen LogP contribution in [0.5, 0.6) is 5.75 Å². The molecule has 142 valence electrons. The molecule has 0 unspecified atom stereocenters. The summed E-state index contributed by atoms with van der Waals surface area (Å²) in [5.74, 6) is 1.27. The van der Waals surface area contributed by atoms with Crippen molar-refractivity contribution in [2.45, 2.75) is 12.6 Å². The molecule has 0 spiro atoms. The number of ether oxygens (including phenoxy) is 1. The van der Waals surface area contributed by atoms with Crippen LogP contribution in [-0.2, 0) is 13.6 Å². The van der Waals surface area contributed by atoms with E-state index in [-0.39, 0.29) is 17.8 Å². The highest BCUT2D eigenvalue weighted by Crippen LogP contribution is 2.36. The average Bonchev–Trinajstić information content (AvgIpc) is 3.23. The number of hydrogen-bond acceptors (Lipinski definition) is 4. The lowest BCUT2D eigenvalue weighted by molar-refractivity contribution is 0.0966. The van der Waals surface area contributed by atoms with Gasteiger partial charge in [0.15, 0.2) is 5.82 Å². The summed E-state index contributed by atoms with van der Waals surface area (Å²) in [6.07, 6.45) is 1.95. The van der Waals surface area contributed by atoms with Crippen molar-refractivity contribution in [2.75, 3.05) is 18.0 Å². The molecule has 0 saturated carbocycles. The number of hydrogen-bond donors (Lipinski definition) is 1. The van der Waals surface area contributed by atoms with Gasteiger partial charge in [-0.15, -0.1) is 0 Å². The summed E-state index contributed by atoms with van der Waals surface area (Å²) >= 11 is 0. The van der Waals surface area contributed by atoms with E-state index in [0.717, 1.165) is 35.6 Å². The molecule has 2 aliphatic rings. The van der Waals surface area contributed by atoms with Crippen molar-refractivity contribution in [3.05, 3.63) is 65.6 Å². The Kier molecular flexibility index (Phi) is 3.82. The summed E-state index contributed by atoms with van der Waals surface area (Å²) in [7, 11) is 1.89. The Morgan fingerprint density at radius 2 is 1.93 bits per heavy atom. The summed E-state index contributed by atoms with van der Waals surface area (Å²) in [4.78, 5) is 14.2. The molecule has 2 aliphatic heterocycles. The van der Waals surface area contributed by atoms with E-state index in [1.807, 2.05) is 31.4 Å². The molecule has 1 saturated heterocycles. The first kappa shape index (κ1) is 16.8. The second-order valence-corrected chi connectivity index (χ2v) is 7.19. The Balaban J connectivity index is 1.42. The second-order valence-electron chi connectivity index (χ2n) is 7.19. The zero-order valence-corrected chi connectivity index (χ0v) is 15.4. The van der Waals surface area contributed by atoms with Crippen LogP contribution in [0.2, 0.25) is 0 Å². The molecule has 1 fully saturated rings. The van der Waals surface area contributed by atoms with Gasteiger partial charge in [0.05, 0.1) is 13.1 Å². The Hall–Kier alpha value is -3.35. The van der Waals surface area contributed by atoms with Crippen LogP contribution in [0.25, 0.3) is 11.1 Å². The van der Waals surface area contributed by atoms with Crippen LogP contribution in [0.3, 0.4) is 0 Å². The van der Waals surface area contributed by atoms with Gasteiger partial charge in [-0.25, -0.2) is 4.39 Å². The van der Waals surface area contributed by atoms with Gasteiger partial charge in [0, 0.05) is 37.0 Å². The van der Waals surface area contributed by atoms with Gasteiger partial charge in [-0.3, -0.25) is 9.48 Å². The van der Waals surface area contributed by atoms with Gasteiger partial charge in [0.25, 0.3) is 5.91 Å². The first-order chi connectivity index (χ1) is 13.6. The monoisotopic (exact) mass is 378 g/mol. The molecule has 1 amide bonds. The summed E-state index contributed by atoms with van der Waals surface area (Å²) in [6, 6.07) is 12.0. The third-order valence-electron chi connectivity index (χ3n) is 5.21. The number of carbonyl (C=O) groups is 1. The number of nitrogens with one attached hydrogen (secondary N) is 1. The van der Waals surface area contributed by atoms with Crippen molar-refractivity contribution in [2.24, 2.45) is 7.05 Å². The van der Waals surface area contributed by atoms with Crippen LogP contribution in [0.15, 0.2) is 48.7 Å². The lowest BCUT2D eigenvalue weighted by Gasteiger charge is -2.39. The number of anilines is 1. The molecule has 0 bridgehead atoms. The molecule has 3 heterocycles. The lowest BCUT2D eigenvalue weighted by Crippen LogP contribution is -2.54. The second kappa shape index (κ2) is 6.37. The maximum absolute atomic E-state index is 13.4. The van der Waals surface area contributed by atoms with Crippen LogP contribution in [0.1, 0.15) is 15.9 Å². The zero-order valence-electron chi connectivity index (χ0n) is 15.4. The number of benzene rings is 2. The van der Waals surface area contributed by atoms with E-state index < -0.39 is 0 Å². The minimum atomic E-state index is -0.296. The van der Waals surface area contributed by atoms with Crippen molar-refractivity contribution in [1.29, 1.82) is 0 Å². The van der Waals surface area contributed by atoms with Gasteiger partial charge >= 0.3 is 0 Å². The number of fused-ring (bicyclic) bond motifs is 1. The predicted octanol–water partition coefficient (Wildman–Crippen LogP) is 2.74. The van der Waals surface area contributed by atoms with Crippen LogP contribution >= 0.6 is 0 Å². The van der Waals surface area contributed by atoms with Gasteiger partial charge in [-0.1, -0.05) is 12.1 Å². The maximum Gasteiger partial charge on any atom is 0.251 e. The molecule has 0 radical (unpaired) electrons. The van der Waals surface area contributed by atoms with E-state index in [4.69, 9.17) is 4.74 Å². The molecule has 1 aromatic heterocycles. The van der Waals surface area contributed by atoms with E-state index in [2.05, 4.69) is 15.3 Å². The molecule has 5 rings (SSSR count). The largest absolute Gasteiger partial charge is 0.486 e. The molecule has 28 heavy (non-hydrogen) atoms. The summed E-state index contributed by atoms with van der Waals surface area (Å²) in [6.45, 7) is 1.99. The fourth-order valence-corrected chi connectivity index (χ4v) is 3.65. The third kappa shape index (κ3) is 2.89. The fraction of sp³-hybridized carbons (Fsp3) is 0.238. The molecule has 0 atom stereocenters. The predicted molar refractivity (Wildman–Crippen MR) is 103 cm³/mol. The highest BCUT2D eigenvalue weighted by Gasteiger charge is 2.31. The SMILES string of the molecule is Cn1ccc(N2CC(Oc3cc4c(cc3-c3ccc(F)cc3)C(=O)NC4)C2)n1. The van der Waals surface area contributed by atoms with Crippen molar-refractivity contribution in [1.82, 2.24) is 15.1 Å². The smallest absolute Gasteiger partial charge is 0.251 e. The van der Waals surface area contributed by atoms with Gasteiger partial charge in [0.1, 0.15) is 17.7 Å². The zero-order chi connectivity index (χ0) is 19.3. The van der Waals surface area contributed by atoms with Crippen molar-refractivity contribution < 1.29 is 13.9 Å². The van der Waals surface area contributed by atoms with E-state index >= 15 is 0 Å². The molecular formula is C21H19FN4O2. The number of aryl methyl sites for hydroxylation is 1. The number of carbonyl (C=O) groups excluding carboxylic acids is 1. The molecule has 6 nitrogen and oxygen atoms in total. The third-order valence-corrected chi connectivity index (χ3v) is 5.21. The van der Waals surface area contributed by atoms with E-state index in [1.54, 1.807) is 16.8 Å². The molecule has 0 aliphatic carbocycles. The van der Waals surface area contributed by atoms with Crippen LogP contribution in [0, 0.1) is 5.82 Å². The Bertz CT molecular complexity index is 1050. The van der Waals surface area contributed by atoms with Crippen LogP contribution < -0.4 is 15.0 Å². The number of rotatable bonds is 4. The fourth-order valence-electron chi connectivity index (χ4n) is 3.65. The maximum atomic E-state index is 13.4. The first-order valence-corrected chi connectivity index (χ1v) is 9.19. The Morgan fingerprint density at radius 3 is 2.64 bits per heavy atom. The van der Waals surface area contributed by atoms with Crippen molar-refractivity contribution >= 4 is 11.7 Å². The van der Waals surface area contributed by atoms with E-state index in [1.165, 1.54) is 12.1 Å². The van der Waals surface area contributed by atoms with E-state index in [0.29, 0.717) is 17.9 Å². The van der Waals surface area contributed by atoms with Crippen LogP contribution in [0.4, 0.5) is 10.2 Å². The number of nitrogens with zero attached hydrogens (tertiary/aromatic N) is 3. The number of aromatic nitrogens is 2. The highest BCUT2D eigenvalue weighted by molar-refractivity contribution is 6.00. The van der Waals surface area contributed by atoms with Gasteiger partial charge < -0.3 is 15.0 Å².